The summed E-state index contributed by atoms with van der Waals surface area (Å²) in [5.41, 5.74) is 5.05. The van der Waals surface area contributed by atoms with Gasteiger partial charge in [0.25, 0.3) is 0 Å². The summed E-state index contributed by atoms with van der Waals surface area (Å²) in [4.78, 5) is 25.5. The van der Waals surface area contributed by atoms with Gasteiger partial charge < -0.3 is 19.4 Å². The monoisotopic (exact) mass is 536 g/mol. The van der Waals surface area contributed by atoms with Crippen molar-refractivity contribution in [1.29, 1.82) is 0 Å². The van der Waals surface area contributed by atoms with E-state index in [1.165, 1.54) is 30.2 Å². The van der Waals surface area contributed by atoms with E-state index in [0.717, 1.165) is 33.6 Å². The van der Waals surface area contributed by atoms with Gasteiger partial charge in [0.15, 0.2) is 11.0 Å². The summed E-state index contributed by atoms with van der Waals surface area (Å²) >= 11 is 2.57. The lowest BCUT2D eigenvalue weighted by Crippen LogP contribution is -2.16. The average Bonchev–Trinajstić information content (AvgIpc) is 3.47. The minimum Gasteiger partial charge on any atom is -0.494 e. The molecule has 0 bridgehead atoms. The van der Waals surface area contributed by atoms with Crippen molar-refractivity contribution in [3.63, 3.8) is 0 Å². The van der Waals surface area contributed by atoms with Crippen LogP contribution in [0.5, 0.6) is 5.75 Å². The summed E-state index contributed by atoms with van der Waals surface area (Å²) in [7, 11) is 3.20. The number of esters is 1. The van der Waals surface area contributed by atoms with E-state index < -0.39 is 5.97 Å². The number of aryl methyl sites for hydroxylation is 2. The summed E-state index contributed by atoms with van der Waals surface area (Å²) < 4.78 is 12.4. The first-order valence-electron chi connectivity index (χ1n) is 11.6. The molecule has 1 N–H and O–H groups in total. The second-order valence-electron chi connectivity index (χ2n) is 8.32. The number of benzene rings is 2. The minimum absolute atomic E-state index is 0.104. The van der Waals surface area contributed by atoms with E-state index in [9.17, 15) is 9.59 Å². The third-order valence-electron chi connectivity index (χ3n) is 5.71. The van der Waals surface area contributed by atoms with Gasteiger partial charge in [0.1, 0.15) is 16.3 Å². The summed E-state index contributed by atoms with van der Waals surface area (Å²) in [6, 6.07) is 13.7. The Morgan fingerprint density at radius 3 is 2.54 bits per heavy atom. The Morgan fingerprint density at radius 2 is 1.84 bits per heavy atom. The summed E-state index contributed by atoms with van der Waals surface area (Å²) in [6.45, 7) is 6.53. The number of thioether (sulfide) groups is 1. The summed E-state index contributed by atoms with van der Waals surface area (Å²) in [5.74, 6) is 0.839. The number of carbonyl (C=O) groups is 2. The van der Waals surface area contributed by atoms with Gasteiger partial charge >= 0.3 is 5.97 Å². The number of carbonyl (C=O) groups excluding carboxylic acids is 2. The quantitative estimate of drug-likeness (QED) is 0.215. The molecule has 0 radical (unpaired) electrons. The lowest BCUT2D eigenvalue weighted by molar-refractivity contribution is -0.113. The van der Waals surface area contributed by atoms with Gasteiger partial charge in [-0.2, -0.15) is 0 Å². The SMILES string of the molecule is CCOc1ccc(-c2nnc(SCC(=O)Nc3scc(-c4cc(C)ccc4C)c3C(=O)OC)n2C)cc1. The fraction of sp³-hybridized carbons (Fsp3) is 0.259. The Kier molecular flexibility index (Phi) is 8.30. The minimum atomic E-state index is -0.492. The molecule has 0 spiro atoms. The predicted molar refractivity (Wildman–Crippen MR) is 148 cm³/mol. The molecule has 0 aliphatic rings. The molecule has 0 atom stereocenters. The van der Waals surface area contributed by atoms with Gasteiger partial charge in [-0.1, -0.05) is 35.5 Å². The van der Waals surface area contributed by atoms with Crippen molar-refractivity contribution in [2.75, 3.05) is 24.8 Å². The first-order valence-corrected chi connectivity index (χ1v) is 13.5. The Labute approximate surface area is 224 Å². The van der Waals surface area contributed by atoms with Crippen molar-refractivity contribution in [2.45, 2.75) is 25.9 Å². The van der Waals surface area contributed by atoms with E-state index in [2.05, 4.69) is 15.5 Å². The zero-order chi connectivity index (χ0) is 26.5. The number of methoxy groups -OCH3 is 1. The molecule has 37 heavy (non-hydrogen) atoms. The van der Waals surface area contributed by atoms with Crippen molar-refractivity contribution in [1.82, 2.24) is 14.8 Å². The molecule has 0 aliphatic carbocycles. The first kappa shape index (κ1) is 26.4. The third-order valence-corrected chi connectivity index (χ3v) is 7.62. The molecule has 192 valence electrons. The molecular weight excluding hydrogens is 508 g/mol. The second-order valence-corrected chi connectivity index (χ2v) is 10.1. The highest BCUT2D eigenvalue weighted by Crippen LogP contribution is 2.38. The Balaban J connectivity index is 1.48. The number of hydrogen-bond acceptors (Lipinski definition) is 8. The van der Waals surface area contributed by atoms with Crippen molar-refractivity contribution < 1.29 is 19.1 Å². The zero-order valence-electron chi connectivity index (χ0n) is 21.3. The molecular formula is C27H28N4O4S2. The van der Waals surface area contributed by atoms with Crippen molar-refractivity contribution in [3.05, 3.63) is 64.5 Å². The van der Waals surface area contributed by atoms with Crippen LogP contribution in [0.2, 0.25) is 0 Å². The molecule has 0 fully saturated rings. The predicted octanol–water partition coefficient (Wildman–Crippen LogP) is 5.74. The highest BCUT2D eigenvalue weighted by atomic mass is 32.2. The van der Waals surface area contributed by atoms with Crippen molar-refractivity contribution >= 4 is 40.0 Å². The number of anilines is 1. The molecule has 0 saturated carbocycles. The molecule has 2 heterocycles. The maximum Gasteiger partial charge on any atom is 0.341 e. The maximum absolute atomic E-state index is 12.9. The standard InChI is InChI=1S/C27H28N4O4S2/c1-6-35-19-11-9-18(10-12-19)24-29-30-27(31(24)4)37-15-22(32)28-25-23(26(33)34-5)21(14-36-25)20-13-16(2)7-8-17(20)3/h7-14H,6,15H2,1-5H3,(H,28,32). The Morgan fingerprint density at radius 1 is 1.08 bits per heavy atom. The zero-order valence-corrected chi connectivity index (χ0v) is 23.0. The molecule has 0 unspecified atom stereocenters. The normalized spacial score (nSPS) is 10.8. The molecule has 0 aliphatic heterocycles. The topological polar surface area (TPSA) is 95.3 Å². The van der Waals surface area contributed by atoms with Crippen LogP contribution in [-0.4, -0.2) is 46.1 Å². The number of rotatable bonds is 9. The molecule has 4 rings (SSSR count). The number of nitrogens with one attached hydrogen (secondary N) is 1. The molecule has 0 saturated heterocycles. The number of nitrogens with zero attached hydrogens (tertiary/aromatic N) is 3. The summed E-state index contributed by atoms with van der Waals surface area (Å²) in [6.07, 6.45) is 0. The van der Waals surface area contributed by atoms with Gasteiger partial charge in [-0.05, 0) is 56.2 Å². The lowest BCUT2D eigenvalue weighted by Gasteiger charge is -2.10. The van der Waals surface area contributed by atoms with E-state index >= 15 is 0 Å². The van der Waals surface area contributed by atoms with Crippen LogP contribution in [-0.2, 0) is 16.6 Å². The van der Waals surface area contributed by atoms with Gasteiger partial charge in [0, 0.05) is 23.6 Å². The number of thiophene rings is 1. The third kappa shape index (κ3) is 5.86. The number of aromatic nitrogens is 3. The van der Waals surface area contributed by atoms with Crippen LogP contribution in [0, 0.1) is 13.8 Å². The fourth-order valence-electron chi connectivity index (χ4n) is 3.83. The van der Waals surface area contributed by atoms with Gasteiger partial charge in [-0.15, -0.1) is 21.5 Å². The number of hydrogen-bond donors (Lipinski definition) is 1. The molecule has 2 aromatic heterocycles. The van der Waals surface area contributed by atoms with Crippen molar-refractivity contribution in [3.8, 4) is 28.3 Å². The molecule has 2 aromatic carbocycles. The number of ether oxygens (including phenoxy) is 2. The Hall–Kier alpha value is -3.63. The average molecular weight is 537 g/mol. The van der Waals surface area contributed by atoms with Gasteiger partial charge in [-0.3, -0.25) is 4.79 Å². The largest absolute Gasteiger partial charge is 0.494 e. The van der Waals surface area contributed by atoms with Crippen LogP contribution >= 0.6 is 23.1 Å². The van der Waals surface area contributed by atoms with E-state index in [1.54, 1.807) is 0 Å². The van der Waals surface area contributed by atoms with E-state index in [0.29, 0.717) is 28.2 Å². The first-order chi connectivity index (χ1) is 17.8. The smallest absolute Gasteiger partial charge is 0.341 e. The highest BCUT2D eigenvalue weighted by Gasteiger charge is 2.23. The van der Waals surface area contributed by atoms with Gasteiger partial charge in [-0.25, -0.2) is 4.79 Å². The van der Waals surface area contributed by atoms with Gasteiger partial charge in [0.2, 0.25) is 5.91 Å². The van der Waals surface area contributed by atoms with Crippen LogP contribution < -0.4 is 10.1 Å². The van der Waals surface area contributed by atoms with Crippen LogP contribution in [0.15, 0.2) is 53.0 Å². The van der Waals surface area contributed by atoms with E-state index in [4.69, 9.17) is 9.47 Å². The molecule has 10 heteroatoms. The van der Waals surface area contributed by atoms with Crippen LogP contribution in [0.25, 0.3) is 22.5 Å². The van der Waals surface area contributed by atoms with Crippen LogP contribution in [0.1, 0.15) is 28.4 Å². The maximum atomic E-state index is 12.9. The van der Waals surface area contributed by atoms with E-state index in [-0.39, 0.29) is 11.7 Å². The Bertz CT molecular complexity index is 1430. The number of amides is 1. The highest BCUT2D eigenvalue weighted by molar-refractivity contribution is 7.99. The second kappa shape index (κ2) is 11.6. The van der Waals surface area contributed by atoms with E-state index in [1.807, 2.05) is 80.2 Å². The van der Waals surface area contributed by atoms with Crippen LogP contribution in [0.3, 0.4) is 0 Å². The van der Waals surface area contributed by atoms with Crippen LogP contribution in [0.4, 0.5) is 5.00 Å². The lowest BCUT2D eigenvalue weighted by atomic mass is 9.97. The van der Waals surface area contributed by atoms with Gasteiger partial charge in [0.05, 0.1) is 19.5 Å². The van der Waals surface area contributed by atoms with Crippen molar-refractivity contribution in [2.24, 2.45) is 7.05 Å². The summed E-state index contributed by atoms with van der Waals surface area (Å²) in [5, 5.41) is 14.4. The molecule has 1 amide bonds. The molecule has 8 nitrogen and oxygen atoms in total. The fourth-order valence-corrected chi connectivity index (χ4v) is 5.51. The molecule has 4 aromatic rings.